The van der Waals surface area contributed by atoms with Gasteiger partial charge in [0, 0.05) is 11.4 Å². The van der Waals surface area contributed by atoms with Crippen LogP contribution in [0.15, 0.2) is 18.2 Å². The smallest absolute Gasteiger partial charge is 0.227 e. The van der Waals surface area contributed by atoms with E-state index in [0.29, 0.717) is 34.7 Å². The first-order valence-electron chi connectivity index (χ1n) is 6.08. The standard InChI is InChI=1S/C14H16ClN3O/c1-4-12-17-13(16)9(3)14(18-12)19-11-7-10(15)6-5-8(11)2/h5-7H,4H2,1-3H3,(H2,16,17,18). The Kier molecular flexibility index (Phi) is 3.90. The lowest BCUT2D eigenvalue weighted by Gasteiger charge is -2.12. The average molecular weight is 278 g/mol. The Hall–Kier alpha value is -1.81. The Bertz CT molecular complexity index is 614. The van der Waals surface area contributed by atoms with E-state index in [1.54, 1.807) is 6.07 Å². The summed E-state index contributed by atoms with van der Waals surface area (Å²) in [6, 6.07) is 5.49. The van der Waals surface area contributed by atoms with Crippen LogP contribution in [0, 0.1) is 13.8 Å². The Morgan fingerprint density at radius 3 is 2.68 bits per heavy atom. The highest BCUT2D eigenvalue weighted by Crippen LogP contribution is 2.30. The molecule has 1 heterocycles. The number of nitrogen functional groups attached to an aromatic ring is 1. The molecule has 2 N–H and O–H groups in total. The van der Waals surface area contributed by atoms with Crippen LogP contribution in [0.25, 0.3) is 0 Å². The third-order valence-electron chi connectivity index (χ3n) is 2.86. The number of anilines is 1. The van der Waals surface area contributed by atoms with Crippen LogP contribution in [-0.4, -0.2) is 9.97 Å². The van der Waals surface area contributed by atoms with Crippen molar-refractivity contribution in [2.45, 2.75) is 27.2 Å². The molecular formula is C14H16ClN3O. The van der Waals surface area contributed by atoms with Crippen LogP contribution in [0.5, 0.6) is 11.6 Å². The number of aromatic nitrogens is 2. The van der Waals surface area contributed by atoms with E-state index < -0.39 is 0 Å². The van der Waals surface area contributed by atoms with E-state index in [1.165, 1.54) is 0 Å². The Morgan fingerprint density at radius 1 is 1.26 bits per heavy atom. The Labute approximate surface area is 117 Å². The minimum atomic E-state index is 0.446. The maximum atomic E-state index is 5.98. The van der Waals surface area contributed by atoms with E-state index in [4.69, 9.17) is 22.1 Å². The summed E-state index contributed by atoms with van der Waals surface area (Å²) < 4.78 is 5.83. The molecule has 19 heavy (non-hydrogen) atoms. The first-order chi connectivity index (χ1) is 9.01. The number of nitrogens with two attached hydrogens (primary N) is 1. The van der Waals surface area contributed by atoms with Gasteiger partial charge in [-0.2, -0.15) is 4.98 Å². The molecule has 1 aromatic carbocycles. The molecule has 0 fully saturated rings. The normalized spacial score (nSPS) is 10.5. The fourth-order valence-corrected chi connectivity index (χ4v) is 1.77. The number of nitrogens with zero attached hydrogens (tertiary/aromatic N) is 2. The van der Waals surface area contributed by atoms with Gasteiger partial charge < -0.3 is 10.5 Å². The van der Waals surface area contributed by atoms with Crippen molar-refractivity contribution in [3.63, 3.8) is 0 Å². The molecule has 0 aliphatic carbocycles. The summed E-state index contributed by atoms with van der Waals surface area (Å²) in [5, 5.41) is 0.621. The van der Waals surface area contributed by atoms with Crippen molar-refractivity contribution in [2.75, 3.05) is 5.73 Å². The molecule has 0 saturated carbocycles. The lowest BCUT2D eigenvalue weighted by atomic mass is 10.2. The van der Waals surface area contributed by atoms with Gasteiger partial charge in [0.25, 0.3) is 0 Å². The van der Waals surface area contributed by atoms with Gasteiger partial charge in [-0.1, -0.05) is 24.6 Å². The van der Waals surface area contributed by atoms with E-state index in [2.05, 4.69) is 9.97 Å². The number of aryl methyl sites for hydroxylation is 2. The maximum Gasteiger partial charge on any atom is 0.227 e. The van der Waals surface area contributed by atoms with Crippen LogP contribution in [0.2, 0.25) is 5.02 Å². The summed E-state index contributed by atoms with van der Waals surface area (Å²) in [6.45, 7) is 5.76. The second-order valence-electron chi connectivity index (χ2n) is 4.32. The molecule has 0 spiro atoms. The number of halogens is 1. The first-order valence-corrected chi connectivity index (χ1v) is 6.46. The van der Waals surface area contributed by atoms with Crippen molar-refractivity contribution in [2.24, 2.45) is 0 Å². The lowest BCUT2D eigenvalue weighted by Crippen LogP contribution is -2.04. The third-order valence-corrected chi connectivity index (χ3v) is 3.09. The number of hydrogen-bond acceptors (Lipinski definition) is 4. The second kappa shape index (κ2) is 5.45. The first kappa shape index (κ1) is 13.6. The van der Waals surface area contributed by atoms with Crippen LogP contribution < -0.4 is 10.5 Å². The minimum Gasteiger partial charge on any atom is -0.438 e. The minimum absolute atomic E-state index is 0.446. The molecule has 5 heteroatoms. The molecule has 0 atom stereocenters. The van der Waals surface area contributed by atoms with Crippen LogP contribution >= 0.6 is 11.6 Å². The predicted octanol–water partition coefficient (Wildman–Crippen LogP) is 3.68. The van der Waals surface area contributed by atoms with Crippen molar-refractivity contribution in [3.8, 4) is 11.6 Å². The summed E-state index contributed by atoms with van der Waals surface area (Å²) in [6.07, 6.45) is 0.704. The molecule has 2 aromatic rings. The molecule has 0 aliphatic heterocycles. The van der Waals surface area contributed by atoms with Gasteiger partial charge in [0.15, 0.2) is 0 Å². The zero-order chi connectivity index (χ0) is 14.0. The van der Waals surface area contributed by atoms with Gasteiger partial charge >= 0.3 is 0 Å². The Balaban J connectivity index is 2.42. The number of hydrogen-bond donors (Lipinski definition) is 1. The van der Waals surface area contributed by atoms with Crippen molar-refractivity contribution >= 4 is 17.4 Å². The molecule has 0 bridgehead atoms. The molecule has 0 amide bonds. The highest BCUT2D eigenvalue weighted by molar-refractivity contribution is 6.30. The average Bonchev–Trinajstić information content (AvgIpc) is 2.38. The molecule has 0 unspecified atom stereocenters. The fraction of sp³-hybridized carbons (Fsp3) is 0.286. The molecule has 0 saturated heterocycles. The van der Waals surface area contributed by atoms with E-state index in [0.717, 1.165) is 11.1 Å². The van der Waals surface area contributed by atoms with E-state index in [1.807, 2.05) is 32.9 Å². The van der Waals surface area contributed by atoms with Crippen molar-refractivity contribution < 1.29 is 4.74 Å². The van der Waals surface area contributed by atoms with Crippen molar-refractivity contribution in [3.05, 3.63) is 40.2 Å². The van der Waals surface area contributed by atoms with Crippen LogP contribution in [0.4, 0.5) is 5.82 Å². The lowest BCUT2D eigenvalue weighted by molar-refractivity contribution is 0.452. The van der Waals surface area contributed by atoms with Gasteiger partial charge in [-0.3, -0.25) is 0 Å². The fourth-order valence-electron chi connectivity index (χ4n) is 1.60. The third kappa shape index (κ3) is 2.96. The summed E-state index contributed by atoms with van der Waals surface area (Å²) in [5.41, 5.74) is 7.58. The van der Waals surface area contributed by atoms with Gasteiger partial charge in [-0.05, 0) is 31.5 Å². The van der Waals surface area contributed by atoms with Crippen LogP contribution in [0.3, 0.4) is 0 Å². The molecular weight excluding hydrogens is 262 g/mol. The van der Waals surface area contributed by atoms with Crippen molar-refractivity contribution in [1.29, 1.82) is 0 Å². The quantitative estimate of drug-likeness (QED) is 0.929. The van der Waals surface area contributed by atoms with Gasteiger partial charge in [0.2, 0.25) is 5.88 Å². The number of ether oxygens (including phenoxy) is 1. The topological polar surface area (TPSA) is 61.0 Å². The largest absolute Gasteiger partial charge is 0.438 e. The summed E-state index contributed by atoms with van der Waals surface area (Å²) in [4.78, 5) is 8.56. The van der Waals surface area contributed by atoms with E-state index >= 15 is 0 Å². The zero-order valence-corrected chi connectivity index (χ0v) is 12.0. The van der Waals surface area contributed by atoms with Gasteiger partial charge in [-0.25, -0.2) is 4.98 Å². The zero-order valence-electron chi connectivity index (χ0n) is 11.2. The summed E-state index contributed by atoms with van der Waals surface area (Å²) in [7, 11) is 0. The van der Waals surface area contributed by atoms with Crippen molar-refractivity contribution in [1.82, 2.24) is 9.97 Å². The van der Waals surface area contributed by atoms with Gasteiger partial charge in [0.1, 0.15) is 17.4 Å². The highest BCUT2D eigenvalue weighted by atomic mass is 35.5. The van der Waals surface area contributed by atoms with Gasteiger partial charge in [0.05, 0.1) is 5.56 Å². The highest BCUT2D eigenvalue weighted by Gasteiger charge is 2.11. The summed E-state index contributed by atoms with van der Waals surface area (Å²) >= 11 is 5.98. The number of benzene rings is 1. The molecule has 1 aromatic heterocycles. The SMILES string of the molecule is CCc1nc(N)c(C)c(Oc2cc(Cl)ccc2C)n1. The summed E-state index contributed by atoms with van der Waals surface area (Å²) in [5.74, 6) is 2.27. The molecule has 4 nitrogen and oxygen atoms in total. The van der Waals surface area contributed by atoms with E-state index in [9.17, 15) is 0 Å². The molecule has 2 rings (SSSR count). The second-order valence-corrected chi connectivity index (χ2v) is 4.76. The van der Waals surface area contributed by atoms with E-state index in [-0.39, 0.29) is 0 Å². The van der Waals surface area contributed by atoms with Crippen LogP contribution in [0.1, 0.15) is 23.9 Å². The Morgan fingerprint density at radius 2 is 2.00 bits per heavy atom. The van der Waals surface area contributed by atoms with Gasteiger partial charge in [-0.15, -0.1) is 0 Å². The number of rotatable bonds is 3. The molecule has 0 radical (unpaired) electrons. The monoisotopic (exact) mass is 277 g/mol. The molecule has 100 valence electrons. The molecule has 0 aliphatic rings. The predicted molar refractivity (Wildman–Crippen MR) is 76.8 cm³/mol. The maximum absolute atomic E-state index is 5.98. The van der Waals surface area contributed by atoms with Crippen LogP contribution in [-0.2, 0) is 6.42 Å².